The van der Waals surface area contributed by atoms with Gasteiger partial charge in [-0.05, 0) is 84.3 Å². The highest BCUT2D eigenvalue weighted by Crippen LogP contribution is 2.23. The predicted octanol–water partition coefficient (Wildman–Crippen LogP) is 5.42. The maximum Gasteiger partial charge on any atom is 0.243 e. The second-order valence-corrected chi connectivity index (χ2v) is 14.2. The van der Waals surface area contributed by atoms with Gasteiger partial charge in [-0.25, -0.2) is 8.42 Å². The van der Waals surface area contributed by atoms with Gasteiger partial charge in [-0.3, -0.25) is 9.59 Å². The topological polar surface area (TPSA) is 105 Å². The first-order valence-corrected chi connectivity index (χ1v) is 18.2. The Balaban J connectivity index is 1.34. The number of methoxy groups -OCH3 is 2. The number of hydrogen-bond donors (Lipinski definition) is 1. The fraction of sp³-hybridized carbons (Fsp3) is 0.333. The SMILES string of the molecule is COc1ccc(CCNC(=O)[C@@H](Cc2ccccc2)N(Cc2ccc(OC)cc2)C(=O)CCc2ccc(S(=O)(=O)N3CCCC3)cc2)cc1. The van der Waals surface area contributed by atoms with E-state index in [9.17, 15) is 18.0 Å². The molecule has 1 aliphatic rings. The van der Waals surface area contributed by atoms with Crippen molar-refractivity contribution in [2.75, 3.05) is 33.9 Å². The first-order chi connectivity index (χ1) is 23.8. The Kier molecular flexibility index (Phi) is 12.5. The molecular weight excluding hydrogens is 639 g/mol. The first kappa shape index (κ1) is 35.6. The third-order valence-corrected chi connectivity index (χ3v) is 10.8. The summed E-state index contributed by atoms with van der Waals surface area (Å²) in [6, 6.07) is 31.0. The molecule has 1 fully saturated rings. The van der Waals surface area contributed by atoms with E-state index < -0.39 is 16.1 Å². The molecule has 0 spiro atoms. The molecule has 10 heteroatoms. The van der Waals surface area contributed by atoms with Crippen LogP contribution < -0.4 is 14.8 Å². The molecule has 0 aliphatic carbocycles. The van der Waals surface area contributed by atoms with Gasteiger partial charge in [0, 0.05) is 39.0 Å². The molecule has 49 heavy (non-hydrogen) atoms. The Morgan fingerprint density at radius 2 is 1.29 bits per heavy atom. The average Bonchev–Trinajstić information content (AvgIpc) is 3.70. The summed E-state index contributed by atoms with van der Waals surface area (Å²) in [5.74, 6) is 1.08. The minimum Gasteiger partial charge on any atom is -0.497 e. The lowest BCUT2D eigenvalue weighted by atomic mass is 10.0. The van der Waals surface area contributed by atoms with Crippen molar-refractivity contribution in [3.63, 3.8) is 0 Å². The number of benzene rings is 4. The molecule has 1 heterocycles. The summed E-state index contributed by atoms with van der Waals surface area (Å²) in [7, 11) is -0.293. The van der Waals surface area contributed by atoms with E-state index in [1.807, 2.05) is 78.9 Å². The van der Waals surface area contributed by atoms with E-state index in [0.717, 1.165) is 40.8 Å². The van der Waals surface area contributed by atoms with Crippen LogP contribution in [0.15, 0.2) is 108 Å². The van der Waals surface area contributed by atoms with Gasteiger partial charge in [0.25, 0.3) is 0 Å². The number of hydrogen-bond acceptors (Lipinski definition) is 6. The van der Waals surface area contributed by atoms with Crippen LogP contribution in [0, 0.1) is 0 Å². The number of nitrogens with zero attached hydrogens (tertiary/aromatic N) is 2. The van der Waals surface area contributed by atoms with Crippen molar-refractivity contribution in [2.24, 2.45) is 0 Å². The number of sulfonamides is 1. The molecule has 258 valence electrons. The largest absolute Gasteiger partial charge is 0.497 e. The summed E-state index contributed by atoms with van der Waals surface area (Å²) in [5, 5.41) is 3.09. The van der Waals surface area contributed by atoms with Crippen molar-refractivity contribution >= 4 is 21.8 Å². The van der Waals surface area contributed by atoms with E-state index in [1.54, 1.807) is 43.4 Å². The zero-order chi connectivity index (χ0) is 34.6. The molecule has 1 atom stereocenters. The van der Waals surface area contributed by atoms with E-state index in [0.29, 0.717) is 44.6 Å². The Bertz CT molecular complexity index is 1760. The molecule has 4 aromatic carbocycles. The van der Waals surface area contributed by atoms with Crippen LogP contribution in [0.4, 0.5) is 0 Å². The molecule has 0 aromatic heterocycles. The lowest BCUT2D eigenvalue weighted by molar-refractivity contribution is -0.141. The van der Waals surface area contributed by atoms with Gasteiger partial charge in [-0.1, -0.05) is 66.7 Å². The molecule has 0 bridgehead atoms. The van der Waals surface area contributed by atoms with Crippen LogP contribution in [0.1, 0.15) is 41.5 Å². The quantitative estimate of drug-likeness (QED) is 0.169. The number of carbonyl (C=O) groups is 2. The van der Waals surface area contributed by atoms with Crippen LogP contribution in [0.5, 0.6) is 11.5 Å². The van der Waals surface area contributed by atoms with E-state index in [4.69, 9.17) is 9.47 Å². The number of carbonyl (C=O) groups excluding carboxylic acids is 2. The summed E-state index contributed by atoms with van der Waals surface area (Å²) in [6.45, 7) is 1.73. The molecule has 1 N–H and O–H groups in total. The van der Waals surface area contributed by atoms with Crippen molar-refractivity contribution in [3.8, 4) is 11.5 Å². The summed E-state index contributed by atoms with van der Waals surface area (Å²) >= 11 is 0. The van der Waals surface area contributed by atoms with Gasteiger partial charge in [-0.15, -0.1) is 0 Å². The monoisotopic (exact) mass is 683 g/mol. The van der Waals surface area contributed by atoms with Crippen molar-refractivity contribution < 1.29 is 27.5 Å². The van der Waals surface area contributed by atoms with Gasteiger partial charge in [0.2, 0.25) is 21.8 Å². The third kappa shape index (κ3) is 9.70. The fourth-order valence-corrected chi connectivity index (χ4v) is 7.54. The molecule has 0 saturated carbocycles. The van der Waals surface area contributed by atoms with E-state index in [2.05, 4.69) is 5.32 Å². The fourth-order valence-electron chi connectivity index (χ4n) is 6.02. The summed E-state index contributed by atoms with van der Waals surface area (Å²) in [5.41, 5.74) is 3.72. The Hall–Kier alpha value is -4.67. The Morgan fingerprint density at radius 1 is 0.735 bits per heavy atom. The second-order valence-electron chi connectivity index (χ2n) is 12.2. The minimum atomic E-state index is -3.52. The zero-order valence-corrected chi connectivity index (χ0v) is 29.0. The van der Waals surface area contributed by atoms with Gasteiger partial charge in [0.05, 0.1) is 19.1 Å². The smallest absolute Gasteiger partial charge is 0.243 e. The molecule has 0 unspecified atom stereocenters. The van der Waals surface area contributed by atoms with E-state index >= 15 is 0 Å². The molecule has 1 aliphatic heterocycles. The van der Waals surface area contributed by atoms with Crippen LogP contribution in [0.3, 0.4) is 0 Å². The Labute approximate surface area is 289 Å². The molecular formula is C39H45N3O6S. The number of rotatable bonds is 16. The summed E-state index contributed by atoms with van der Waals surface area (Å²) in [4.78, 5) is 30.1. The van der Waals surface area contributed by atoms with Crippen molar-refractivity contribution in [1.29, 1.82) is 0 Å². The normalized spacial score (nSPS) is 13.8. The molecule has 1 saturated heterocycles. The van der Waals surface area contributed by atoms with Crippen LogP contribution in [-0.2, 0) is 45.4 Å². The predicted molar refractivity (Wildman–Crippen MR) is 190 cm³/mol. The Morgan fingerprint density at radius 3 is 1.88 bits per heavy atom. The molecule has 4 aromatic rings. The van der Waals surface area contributed by atoms with Gasteiger partial charge in [0.1, 0.15) is 17.5 Å². The maximum atomic E-state index is 14.1. The van der Waals surface area contributed by atoms with Gasteiger partial charge in [0.15, 0.2) is 0 Å². The molecule has 5 rings (SSSR count). The van der Waals surface area contributed by atoms with Crippen molar-refractivity contribution in [2.45, 2.75) is 56.0 Å². The zero-order valence-electron chi connectivity index (χ0n) is 28.2. The first-order valence-electron chi connectivity index (χ1n) is 16.7. The highest BCUT2D eigenvalue weighted by molar-refractivity contribution is 7.89. The highest BCUT2D eigenvalue weighted by atomic mass is 32.2. The van der Waals surface area contributed by atoms with Crippen LogP contribution in [-0.4, -0.2) is 69.3 Å². The van der Waals surface area contributed by atoms with Crippen molar-refractivity contribution in [3.05, 3.63) is 125 Å². The average molecular weight is 684 g/mol. The highest BCUT2D eigenvalue weighted by Gasteiger charge is 2.31. The van der Waals surface area contributed by atoms with Crippen LogP contribution in [0.25, 0.3) is 0 Å². The third-order valence-electron chi connectivity index (χ3n) is 8.91. The number of nitrogens with one attached hydrogen (secondary N) is 1. The molecule has 9 nitrogen and oxygen atoms in total. The minimum absolute atomic E-state index is 0.152. The van der Waals surface area contributed by atoms with E-state index in [-0.39, 0.29) is 29.7 Å². The van der Waals surface area contributed by atoms with Gasteiger partial charge in [-0.2, -0.15) is 4.31 Å². The van der Waals surface area contributed by atoms with Crippen molar-refractivity contribution in [1.82, 2.24) is 14.5 Å². The number of aryl methyl sites for hydroxylation is 1. The summed E-state index contributed by atoms with van der Waals surface area (Å²) in [6.07, 6.45) is 3.28. The standard InChI is InChI=1S/C39H45N3O6S/c1-47-34-17-10-31(11-18-34)24-25-40-39(44)37(28-32-8-4-3-5-9-32)42(29-33-12-19-35(48-2)20-13-33)38(43)23-16-30-14-21-36(22-15-30)49(45,46)41-26-6-7-27-41/h3-5,8-15,17-22,37H,6-7,16,23-29H2,1-2H3,(H,40,44)/t37-/m1/s1. The lowest BCUT2D eigenvalue weighted by Gasteiger charge is -2.32. The number of ether oxygens (including phenoxy) is 2. The van der Waals surface area contributed by atoms with Crippen LogP contribution in [0.2, 0.25) is 0 Å². The van der Waals surface area contributed by atoms with Gasteiger partial charge >= 0.3 is 0 Å². The lowest BCUT2D eigenvalue weighted by Crippen LogP contribution is -2.50. The number of amides is 2. The second kappa shape index (κ2) is 17.1. The van der Waals surface area contributed by atoms with E-state index in [1.165, 1.54) is 4.31 Å². The van der Waals surface area contributed by atoms with Crippen LogP contribution >= 0.6 is 0 Å². The molecule has 0 radical (unpaired) electrons. The maximum absolute atomic E-state index is 14.1. The summed E-state index contributed by atoms with van der Waals surface area (Å²) < 4.78 is 38.1. The van der Waals surface area contributed by atoms with Gasteiger partial charge < -0.3 is 19.7 Å². The molecule has 2 amide bonds.